The summed E-state index contributed by atoms with van der Waals surface area (Å²) in [5, 5.41) is 4.18. The molecule has 0 spiro atoms. The van der Waals surface area contributed by atoms with Crippen LogP contribution in [0.2, 0.25) is 0 Å². The normalized spacial score (nSPS) is 18.1. The highest BCUT2D eigenvalue weighted by atomic mass is 32.1. The van der Waals surface area contributed by atoms with Gasteiger partial charge in [0.15, 0.2) is 5.11 Å². The smallest absolute Gasteiger partial charge is 0.339 e. The van der Waals surface area contributed by atoms with Crippen LogP contribution in [0, 0.1) is 0 Å². The van der Waals surface area contributed by atoms with Crippen LogP contribution in [0.25, 0.3) is 5.69 Å². The number of carbonyl (C=O) groups excluding carboxylic acids is 1. The van der Waals surface area contributed by atoms with Crippen molar-refractivity contribution < 1.29 is 9.53 Å². The quantitative estimate of drug-likeness (QED) is 0.439. The molecule has 0 aliphatic carbocycles. The first-order chi connectivity index (χ1) is 15.5. The summed E-state index contributed by atoms with van der Waals surface area (Å²) in [5.41, 5.74) is 3.21. The molecular weight excluding hydrogens is 422 g/mol. The molecule has 1 aliphatic heterocycles. The Kier molecular flexibility index (Phi) is 6.53. The van der Waals surface area contributed by atoms with Gasteiger partial charge >= 0.3 is 5.97 Å². The Bertz CT molecular complexity index is 1100. The number of benzene rings is 1. The lowest BCUT2D eigenvalue weighted by Crippen LogP contribution is -2.36. The second-order valence-electron chi connectivity index (χ2n) is 7.94. The molecule has 3 heterocycles. The highest BCUT2D eigenvalue weighted by Crippen LogP contribution is 2.39. The van der Waals surface area contributed by atoms with Gasteiger partial charge in [-0.05, 0) is 62.7 Å². The monoisotopic (exact) mass is 449 g/mol. The first kappa shape index (κ1) is 22.0. The predicted molar refractivity (Wildman–Crippen MR) is 128 cm³/mol. The van der Waals surface area contributed by atoms with Crippen molar-refractivity contribution in [3.8, 4) is 5.69 Å². The summed E-state index contributed by atoms with van der Waals surface area (Å²) in [6.07, 6.45) is 3.77. The van der Waals surface area contributed by atoms with Crippen LogP contribution in [-0.2, 0) is 4.74 Å². The van der Waals surface area contributed by atoms with Crippen LogP contribution >= 0.6 is 12.2 Å². The van der Waals surface area contributed by atoms with E-state index in [0.717, 1.165) is 30.2 Å². The van der Waals surface area contributed by atoms with Crippen LogP contribution in [-0.4, -0.2) is 64.7 Å². The van der Waals surface area contributed by atoms with E-state index in [0.29, 0.717) is 10.7 Å². The molecule has 4 rings (SSSR count). The van der Waals surface area contributed by atoms with Crippen molar-refractivity contribution in [1.29, 1.82) is 0 Å². The Hall–Kier alpha value is -3.23. The van der Waals surface area contributed by atoms with Gasteiger partial charge in [-0.2, -0.15) is 0 Å². The number of nitrogens with zero attached hydrogens (tertiary/aromatic N) is 4. The van der Waals surface area contributed by atoms with Crippen molar-refractivity contribution in [2.45, 2.75) is 12.1 Å². The highest BCUT2D eigenvalue weighted by Gasteiger charge is 2.41. The van der Waals surface area contributed by atoms with E-state index in [9.17, 15) is 4.79 Å². The van der Waals surface area contributed by atoms with E-state index in [1.165, 1.54) is 7.11 Å². The molecule has 166 valence electrons. The zero-order valence-corrected chi connectivity index (χ0v) is 19.2. The molecule has 8 heteroatoms. The number of rotatable bonds is 7. The molecular formula is C24H27N5O2S. The van der Waals surface area contributed by atoms with Crippen LogP contribution in [0.3, 0.4) is 0 Å². The standard InChI is InChI=1S/C24H27N5O2S/c1-27(2)15-16-29-22(21(26-24(29)32)18-10-6-7-13-25-18)20-12-8-14-28(20)19-11-5-4-9-17(19)23(30)31-3/h4-14,21-22H,15-16H2,1-3H3,(H,26,32)/t21-,22+/m1/s1. The average molecular weight is 450 g/mol. The van der Waals surface area contributed by atoms with Crippen molar-refractivity contribution >= 4 is 23.3 Å². The van der Waals surface area contributed by atoms with Gasteiger partial charge in [0.2, 0.25) is 0 Å². The second-order valence-corrected chi connectivity index (χ2v) is 8.32. The number of methoxy groups -OCH3 is 1. The van der Waals surface area contributed by atoms with Crippen LogP contribution in [0.15, 0.2) is 67.0 Å². The minimum atomic E-state index is -0.369. The van der Waals surface area contributed by atoms with Gasteiger partial charge in [0.05, 0.1) is 36.1 Å². The Morgan fingerprint density at radius 1 is 1.16 bits per heavy atom. The summed E-state index contributed by atoms with van der Waals surface area (Å²) in [6, 6.07) is 17.2. The first-order valence-electron chi connectivity index (χ1n) is 10.5. The first-order valence-corrected chi connectivity index (χ1v) is 10.9. The number of hydrogen-bond acceptors (Lipinski definition) is 5. The second kappa shape index (κ2) is 9.50. The van der Waals surface area contributed by atoms with Crippen molar-refractivity contribution in [1.82, 2.24) is 24.7 Å². The zero-order valence-electron chi connectivity index (χ0n) is 18.4. The molecule has 3 aromatic rings. The summed E-state index contributed by atoms with van der Waals surface area (Å²) in [5.74, 6) is -0.369. The molecule has 1 aliphatic rings. The molecule has 0 radical (unpaired) electrons. The molecule has 1 N–H and O–H groups in total. The number of para-hydroxylation sites is 1. The fourth-order valence-electron chi connectivity index (χ4n) is 4.10. The number of aromatic nitrogens is 2. The molecule has 2 aromatic heterocycles. The van der Waals surface area contributed by atoms with E-state index in [-0.39, 0.29) is 18.1 Å². The maximum Gasteiger partial charge on any atom is 0.339 e. The summed E-state index contributed by atoms with van der Waals surface area (Å²) in [6.45, 7) is 1.61. The van der Waals surface area contributed by atoms with Gasteiger partial charge in [0, 0.05) is 31.2 Å². The number of nitrogens with one attached hydrogen (secondary N) is 1. The summed E-state index contributed by atoms with van der Waals surface area (Å²) in [7, 11) is 5.50. The Morgan fingerprint density at radius 2 is 1.94 bits per heavy atom. The van der Waals surface area contributed by atoms with Gasteiger partial charge < -0.3 is 24.4 Å². The molecule has 0 amide bonds. The Balaban J connectivity index is 1.82. The van der Waals surface area contributed by atoms with E-state index < -0.39 is 0 Å². The van der Waals surface area contributed by atoms with E-state index in [2.05, 4.69) is 26.2 Å². The molecule has 0 saturated carbocycles. The van der Waals surface area contributed by atoms with E-state index >= 15 is 0 Å². The minimum Gasteiger partial charge on any atom is -0.465 e. The number of hydrogen-bond donors (Lipinski definition) is 1. The van der Waals surface area contributed by atoms with Crippen molar-refractivity contribution in [2.75, 3.05) is 34.3 Å². The maximum atomic E-state index is 12.4. The third-order valence-corrected chi connectivity index (χ3v) is 5.99. The molecule has 0 bridgehead atoms. The number of thiocarbonyl (C=S) groups is 1. The van der Waals surface area contributed by atoms with E-state index in [4.69, 9.17) is 17.0 Å². The van der Waals surface area contributed by atoms with Gasteiger partial charge in [-0.3, -0.25) is 4.98 Å². The molecule has 0 unspecified atom stereocenters. The summed E-state index contributed by atoms with van der Waals surface area (Å²) in [4.78, 5) is 21.4. The van der Waals surface area contributed by atoms with Crippen LogP contribution < -0.4 is 5.32 Å². The van der Waals surface area contributed by atoms with Gasteiger partial charge in [-0.25, -0.2) is 4.79 Å². The molecule has 2 atom stereocenters. The Labute approximate surface area is 193 Å². The number of pyridine rings is 1. The van der Waals surface area contributed by atoms with Gasteiger partial charge in [0.25, 0.3) is 0 Å². The third-order valence-electron chi connectivity index (χ3n) is 5.64. The molecule has 1 saturated heterocycles. The van der Waals surface area contributed by atoms with Crippen molar-refractivity contribution in [2.24, 2.45) is 0 Å². The lowest BCUT2D eigenvalue weighted by atomic mass is 10.0. The number of esters is 1. The van der Waals surface area contributed by atoms with E-state index in [1.54, 1.807) is 12.3 Å². The van der Waals surface area contributed by atoms with Gasteiger partial charge in [-0.15, -0.1) is 0 Å². The molecule has 1 aromatic carbocycles. The maximum absolute atomic E-state index is 12.4. The van der Waals surface area contributed by atoms with Crippen LogP contribution in [0.1, 0.15) is 33.8 Å². The fourth-order valence-corrected chi connectivity index (χ4v) is 4.43. The van der Waals surface area contributed by atoms with Gasteiger partial charge in [-0.1, -0.05) is 18.2 Å². The molecule has 7 nitrogen and oxygen atoms in total. The number of likely N-dealkylation sites (N-methyl/N-ethyl adjacent to an activating group) is 1. The molecule has 1 fully saturated rings. The van der Waals surface area contributed by atoms with Crippen molar-refractivity contribution in [3.63, 3.8) is 0 Å². The van der Waals surface area contributed by atoms with E-state index in [1.807, 2.05) is 67.3 Å². The lowest BCUT2D eigenvalue weighted by molar-refractivity contribution is 0.0600. The predicted octanol–water partition coefficient (Wildman–Crippen LogP) is 3.19. The zero-order chi connectivity index (χ0) is 22.7. The topological polar surface area (TPSA) is 62.6 Å². The average Bonchev–Trinajstić information content (AvgIpc) is 3.41. The number of ether oxygens (including phenoxy) is 1. The summed E-state index contributed by atoms with van der Waals surface area (Å²) < 4.78 is 7.07. The number of carbonyl (C=O) groups is 1. The largest absolute Gasteiger partial charge is 0.465 e. The van der Waals surface area contributed by atoms with Gasteiger partial charge in [0.1, 0.15) is 0 Å². The highest BCUT2D eigenvalue weighted by molar-refractivity contribution is 7.80. The van der Waals surface area contributed by atoms with Crippen LogP contribution in [0.4, 0.5) is 0 Å². The summed E-state index contributed by atoms with van der Waals surface area (Å²) >= 11 is 5.75. The Morgan fingerprint density at radius 3 is 2.66 bits per heavy atom. The fraction of sp³-hybridized carbons (Fsp3) is 0.292. The van der Waals surface area contributed by atoms with Crippen LogP contribution in [0.5, 0.6) is 0 Å². The SMILES string of the molecule is COC(=O)c1ccccc1-n1cccc1[C@H]1[C@@H](c2ccccn2)NC(=S)N1CCN(C)C. The third kappa shape index (κ3) is 4.24. The molecule has 32 heavy (non-hydrogen) atoms. The van der Waals surface area contributed by atoms with Crippen molar-refractivity contribution in [3.05, 3.63) is 83.9 Å². The minimum absolute atomic E-state index is 0.0990. The lowest BCUT2D eigenvalue weighted by Gasteiger charge is -2.30.